The van der Waals surface area contributed by atoms with Gasteiger partial charge in [-0.1, -0.05) is 6.08 Å². The quantitative estimate of drug-likeness (QED) is 0.754. The molecule has 3 nitrogen and oxygen atoms in total. The second-order valence-electron chi connectivity index (χ2n) is 3.41. The Morgan fingerprint density at radius 2 is 2.43 bits per heavy atom. The second-order valence-corrected chi connectivity index (χ2v) is 4.50. The molecule has 0 aliphatic heterocycles. The average molecular weight is 211 g/mol. The minimum absolute atomic E-state index is 0.347. The molecule has 0 aliphatic rings. The minimum Gasteiger partial charge on any atom is -0.354 e. The summed E-state index contributed by atoms with van der Waals surface area (Å²) in [5, 5.41) is 4.38. The Labute approximate surface area is 89.5 Å². The third kappa shape index (κ3) is 3.12. The normalized spacial score (nSPS) is 12.5. The lowest BCUT2D eigenvalue weighted by molar-refractivity contribution is 0.639. The number of hydrogen-bond acceptors (Lipinski definition) is 4. The summed E-state index contributed by atoms with van der Waals surface area (Å²) in [4.78, 5) is 7.57. The largest absolute Gasteiger partial charge is 0.354 e. The summed E-state index contributed by atoms with van der Waals surface area (Å²) in [7, 11) is 4.00. The molecule has 0 fully saturated rings. The SMILES string of the molecule is C=CC(C)NCc1cnc(N(C)C)s1. The first-order valence-corrected chi connectivity index (χ1v) is 5.43. The topological polar surface area (TPSA) is 28.2 Å². The van der Waals surface area contributed by atoms with Gasteiger partial charge in [-0.05, 0) is 6.92 Å². The smallest absolute Gasteiger partial charge is 0.185 e. The van der Waals surface area contributed by atoms with Gasteiger partial charge in [-0.2, -0.15) is 0 Å². The maximum atomic E-state index is 4.30. The highest BCUT2D eigenvalue weighted by atomic mass is 32.1. The molecule has 0 radical (unpaired) electrons. The third-order valence-corrected chi connectivity index (χ3v) is 3.04. The lowest BCUT2D eigenvalue weighted by atomic mass is 10.3. The number of rotatable bonds is 5. The summed E-state index contributed by atoms with van der Waals surface area (Å²) < 4.78 is 0. The van der Waals surface area contributed by atoms with Crippen molar-refractivity contribution in [1.82, 2.24) is 10.3 Å². The zero-order chi connectivity index (χ0) is 10.6. The van der Waals surface area contributed by atoms with Crippen LogP contribution in [0.15, 0.2) is 18.9 Å². The summed E-state index contributed by atoms with van der Waals surface area (Å²) in [6.45, 7) is 6.67. The fourth-order valence-corrected chi connectivity index (χ4v) is 1.71. The van der Waals surface area contributed by atoms with Crippen LogP contribution in [0.5, 0.6) is 0 Å². The molecule has 1 rings (SSSR count). The van der Waals surface area contributed by atoms with Gasteiger partial charge in [0.25, 0.3) is 0 Å². The lowest BCUT2D eigenvalue weighted by Gasteiger charge is -2.07. The van der Waals surface area contributed by atoms with E-state index in [1.165, 1.54) is 4.88 Å². The van der Waals surface area contributed by atoms with E-state index in [1.807, 2.05) is 31.3 Å². The van der Waals surface area contributed by atoms with E-state index in [2.05, 4.69) is 23.8 Å². The standard InChI is InChI=1S/C10H17N3S/c1-5-8(2)11-6-9-7-12-10(14-9)13(3)4/h5,7-8,11H,1,6H2,2-4H3. The molecule has 1 atom stereocenters. The zero-order valence-corrected chi connectivity index (χ0v) is 9.77. The van der Waals surface area contributed by atoms with Crippen LogP contribution in [0, 0.1) is 0 Å². The van der Waals surface area contributed by atoms with Crippen LogP contribution in [-0.4, -0.2) is 25.1 Å². The van der Waals surface area contributed by atoms with E-state index in [0.717, 1.165) is 11.7 Å². The van der Waals surface area contributed by atoms with E-state index in [4.69, 9.17) is 0 Å². The number of hydrogen-bond donors (Lipinski definition) is 1. The Hall–Kier alpha value is -0.870. The molecule has 14 heavy (non-hydrogen) atoms. The Balaban J connectivity index is 2.47. The average Bonchev–Trinajstić information content (AvgIpc) is 2.62. The number of nitrogens with zero attached hydrogens (tertiary/aromatic N) is 2. The predicted molar refractivity (Wildman–Crippen MR) is 62.9 cm³/mol. The molecular formula is C10H17N3S. The van der Waals surface area contributed by atoms with E-state index in [9.17, 15) is 0 Å². The summed E-state index contributed by atoms with van der Waals surface area (Å²) in [5.41, 5.74) is 0. The first kappa shape index (κ1) is 11.2. The number of nitrogens with one attached hydrogen (secondary N) is 1. The highest BCUT2D eigenvalue weighted by Crippen LogP contribution is 2.19. The monoisotopic (exact) mass is 211 g/mol. The molecule has 0 saturated carbocycles. The highest BCUT2D eigenvalue weighted by molar-refractivity contribution is 7.15. The van der Waals surface area contributed by atoms with Crippen LogP contribution in [0.1, 0.15) is 11.8 Å². The van der Waals surface area contributed by atoms with Crippen LogP contribution in [0.4, 0.5) is 5.13 Å². The summed E-state index contributed by atoms with van der Waals surface area (Å²) >= 11 is 1.71. The van der Waals surface area contributed by atoms with Crippen molar-refractivity contribution in [2.45, 2.75) is 19.5 Å². The van der Waals surface area contributed by atoms with Gasteiger partial charge >= 0.3 is 0 Å². The van der Waals surface area contributed by atoms with Crippen molar-refractivity contribution in [2.24, 2.45) is 0 Å². The van der Waals surface area contributed by atoms with Crippen LogP contribution < -0.4 is 10.2 Å². The van der Waals surface area contributed by atoms with Gasteiger partial charge in [-0.15, -0.1) is 17.9 Å². The molecule has 0 saturated heterocycles. The van der Waals surface area contributed by atoms with Crippen molar-refractivity contribution >= 4 is 16.5 Å². The van der Waals surface area contributed by atoms with Crippen LogP contribution in [0.3, 0.4) is 0 Å². The van der Waals surface area contributed by atoms with Crippen LogP contribution >= 0.6 is 11.3 Å². The first-order chi connectivity index (χ1) is 6.63. The molecule has 0 spiro atoms. The summed E-state index contributed by atoms with van der Waals surface area (Å²) in [5.74, 6) is 0. The van der Waals surface area contributed by atoms with Gasteiger partial charge in [0.05, 0.1) is 0 Å². The Kier molecular flexibility index (Phi) is 4.10. The molecule has 0 amide bonds. The van der Waals surface area contributed by atoms with E-state index >= 15 is 0 Å². The third-order valence-electron chi connectivity index (χ3n) is 1.88. The van der Waals surface area contributed by atoms with Crippen LogP contribution in [-0.2, 0) is 6.54 Å². The van der Waals surface area contributed by atoms with Crippen molar-refractivity contribution in [3.8, 4) is 0 Å². The maximum Gasteiger partial charge on any atom is 0.185 e. The van der Waals surface area contributed by atoms with Gasteiger partial charge < -0.3 is 10.2 Å². The molecule has 0 aliphatic carbocycles. The molecule has 1 heterocycles. The Bertz CT molecular complexity index is 293. The molecular weight excluding hydrogens is 194 g/mol. The molecule has 1 N–H and O–H groups in total. The Morgan fingerprint density at radius 1 is 1.71 bits per heavy atom. The fraction of sp³-hybridized carbons (Fsp3) is 0.500. The number of thiazole rings is 1. The summed E-state index contributed by atoms with van der Waals surface area (Å²) in [6, 6.07) is 0.347. The second kappa shape index (κ2) is 5.12. The van der Waals surface area contributed by atoms with E-state index in [-0.39, 0.29) is 0 Å². The molecule has 0 aromatic carbocycles. The van der Waals surface area contributed by atoms with Crippen molar-refractivity contribution in [2.75, 3.05) is 19.0 Å². The zero-order valence-electron chi connectivity index (χ0n) is 8.95. The molecule has 1 unspecified atom stereocenters. The minimum atomic E-state index is 0.347. The predicted octanol–water partition coefficient (Wildman–Crippen LogP) is 1.87. The van der Waals surface area contributed by atoms with Crippen molar-refractivity contribution in [3.63, 3.8) is 0 Å². The lowest BCUT2D eigenvalue weighted by Crippen LogP contribution is -2.22. The van der Waals surface area contributed by atoms with Gasteiger partial charge in [0.15, 0.2) is 5.13 Å². The number of aromatic nitrogens is 1. The van der Waals surface area contributed by atoms with E-state index in [1.54, 1.807) is 11.3 Å². The molecule has 1 aromatic rings. The van der Waals surface area contributed by atoms with E-state index in [0.29, 0.717) is 6.04 Å². The maximum absolute atomic E-state index is 4.30. The molecule has 4 heteroatoms. The molecule has 1 aromatic heterocycles. The molecule has 78 valence electrons. The Morgan fingerprint density at radius 3 is 2.93 bits per heavy atom. The van der Waals surface area contributed by atoms with Crippen molar-refractivity contribution < 1.29 is 0 Å². The van der Waals surface area contributed by atoms with E-state index < -0.39 is 0 Å². The summed E-state index contributed by atoms with van der Waals surface area (Å²) in [6.07, 6.45) is 3.82. The highest BCUT2D eigenvalue weighted by Gasteiger charge is 2.03. The van der Waals surface area contributed by atoms with Crippen LogP contribution in [0.2, 0.25) is 0 Å². The van der Waals surface area contributed by atoms with Crippen molar-refractivity contribution in [3.05, 3.63) is 23.7 Å². The van der Waals surface area contributed by atoms with Gasteiger partial charge in [0, 0.05) is 37.8 Å². The van der Waals surface area contributed by atoms with Crippen molar-refractivity contribution in [1.29, 1.82) is 0 Å². The van der Waals surface area contributed by atoms with Gasteiger partial charge in [-0.3, -0.25) is 0 Å². The first-order valence-electron chi connectivity index (χ1n) is 4.61. The number of anilines is 1. The van der Waals surface area contributed by atoms with Gasteiger partial charge in [0.1, 0.15) is 0 Å². The fourth-order valence-electron chi connectivity index (χ4n) is 0.931. The van der Waals surface area contributed by atoms with Gasteiger partial charge in [0.2, 0.25) is 0 Å². The van der Waals surface area contributed by atoms with Gasteiger partial charge in [-0.25, -0.2) is 4.98 Å². The molecule has 0 bridgehead atoms. The van der Waals surface area contributed by atoms with Crippen LogP contribution in [0.25, 0.3) is 0 Å².